The zero-order valence-corrected chi connectivity index (χ0v) is 12.5. The molecule has 0 aliphatic rings. The van der Waals surface area contributed by atoms with Gasteiger partial charge in [0.25, 0.3) is 0 Å². The highest BCUT2D eigenvalue weighted by Crippen LogP contribution is 2.26. The van der Waals surface area contributed by atoms with E-state index in [0.29, 0.717) is 11.4 Å². The number of hydrogen-bond acceptors (Lipinski definition) is 2. The number of carbonyl (C=O) groups excluding carboxylic acids is 1. The number of anilines is 2. The molecule has 0 bridgehead atoms. The van der Waals surface area contributed by atoms with Crippen LogP contribution < -0.4 is 10.6 Å². The highest BCUT2D eigenvalue weighted by molar-refractivity contribution is 9.10. The number of nitrogen functional groups attached to an aromatic ring is 1. The molecule has 5 heteroatoms. The maximum Gasteiger partial charge on any atom is 0.231 e. The van der Waals surface area contributed by atoms with Crippen molar-refractivity contribution in [2.45, 2.75) is 6.42 Å². The monoisotopic (exact) mass is 336 g/mol. The average Bonchev–Trinajstić information content (AvgIpc) is 2.40. The Morgan fingerprint density at radius 3 is 2.50 bits per heavy atom. The average molecular weight is 337 g/mol. The van der Waals surface area contributed by atoms with Crippen molar-refractivity contribution in [1.82, 2.24) is 0 Å². The van der Waals surface area contributed by atoms with Crippen LogP contribution in [0.25, 0.3) is 0 Å². The first-order valence-corrected chi connectivity index (χ1v) is 6.82. The van der Waals surface area contributed by atoms with Gasteiger partial charge in [-0.15, -0.1) is 0 Å². The molecule has 2 aromatic rings. The van der Waals surface area contributed by atoms with Crippen molar-refractivity contribution in [1.29, 1.82) is 0 Å². The van der Waals surface area contributed by atoms with Gasteiger partial charge in [0.05, 0.1) is 17.8 Å². The van der Waals surface area contributed by atoms with Gasteiger partial charge in [0.1, 0.15) is 5.82 Å². The van der Waals surface area contributed by atoms with E-state index in [2.05, 4.69) is 15.9 Å². The molecule has 104 valence electrons. The van der Waals surface area contributed by atoms with Gasteiger partial charge in [-0.25, -0.2) is 4.39 Å². The van der Waals surface area contributed by atoms with Crippen molar-refractivity contribution in [3.8, 4) is 0 Å². The third-order valence-corrected chi connectivity index (χ3v) is 3.49. The highest BCUT2D eigenvalue weighted by atomic mass is 79.9. The number of benzene rings is 2. The SMILES string of the molecule is CN(C(=O)Cc1ccc(F)cc1)c1ccc(Br)cc1N. The maximum absolute atomic E-state index is 12.8. The zero-order chi connectivity index (χ0) is 14.7. The van der Waals surface area contributed by atoms with Crippen LogP contribution in [-0.4, -0.2) is 13.0 Å². The number of halogens is 2. The van der Waals surface area contributed by atoms with Gasteiger partial charge in [0.15, 0.2) is 0 Å². The van der Waals surface area contributed by atoms with Crippen molar-refractivity contribution in [3.05, 3.63) is 58.3 Å². The summed E-state index contributed by atoms with van der Waals surface area (Å²) in [4.78, 5) is 13.7. The topological polar surface area (TPSA) is 46.3 Å². The highest BCUT2D eigenvalue weighted by Gasteiger charge is 2.14. The van der Waals surface area contributed by atoms with Gasteiger partial charge in [-0.05, 0) is 35.9 Å². The molecule has 2 N–H and O–H groups in total. The largest absolute Gasteiger partial charge is 0.397 e. The molecule has 20 heavy (non-hydrogen) atoms. The Labute approximate surface area is 125 Å². The van der Waals surface area contributed by atoms with Crippen LogP contribution in [0, 0.1) is 5.82 Å². The molecular formula is C15H14BrFN2O. The normalized spacial score (nSPS) is 10.3. The standard InChI is InChI=1S/C15H14BrFN2O/c1-19(14-7-4-11(16)9-13(14)18)15(20)8-10-2-5-12(17)6-3-10/h2-7,9H,8,18H2,1H3. The molecule has 3 nitrogen and oxygen atoms in total. The Kier molecular flexibility index (Phi) is 4.39. The molecule has 2 rings (SSSR count). The fraction of sp³-hybridized carbons (Fsp3) is 0.133. The molecule has 0 fully saturated rings. The van der Waals surface area contributed by atoms with Gasteiger partial charge >= 0.3 is 0 Å². The number of rotatable bonds is 3. The summed E-state index contributed by atoms with van der Waals surface area (Å²) < 4.78 is 13.7. The lowest BCUT2D eigenvalue weighted by Gasteiger charge is -2.19. The van der Waals surface area contributed by atoms with Crippen molar-refractivity contribution in [2.24, 2.45) is 0 Å². The summed E-state index contributed by atoms with van der Waals surface area (Å²) in [6.07, 6.45) is 0.201. The van der Waals surface area contributed by atoms with E-state index in [0.717, 1.165) is 10.0 Å². The van der Waals surface area contributed by atoms with Crippen LogP contribution in [-0.2, 0) is 11.2 Å². The van der Waals surface area contributed by atoms with Gasteiger partial charge in [-0.1, -0.05) is 28.1 Å². The van der Waals surface area contributed by atoms with Crippen LogP contribution in [0.2, 0.25) is 0 Å². The van der Waals surface area contributed by atoms with E-state index >= 15 is 0 Å². The van der Waals surface area contributed by atoms with E-state index in [1.54, 1.807) is 31.3 Å². The molecule has 0 aromatic heterocycles. The summed E-state index contributed by atoms with van der Waals surface area (Å²) in [7, 11) is 1.67. The fourth-order valence-corrected chi connectivity index (χ4v) is 2.24. The van der Waals surface area contributed by atoms with Crippen LogP contribution >= 0.6 is 15.9 Å². The van der Waals surface area contributed by atoms with E-state index < -0.39 is 0 Å². The predicted octanol–water partition coefficient (Wildman–Crippen LogP) is 3.38. The molecular weight excluding hydrogens is 323 g/mol. The van der Waals surface area contributed by atoms with E-state index in [4.69, 9.17) is 5.73 Å². The summed E-state index contributed by atoms with van der Waals surface area (Å²) in [6, 6.07) is 11.2. The van der Waals surface area contributed by atoms with Crippen molar-refractivity contribution in [3.63, 3.8) is 0 Å². The van der Waals surface area contributed by atoms with Gasteiger partial charge in [0, 0.05) is 11.5 Å². The number of nitrogens with two attached hydrogens (primary N) is 1. The maximum atomic E-state index is 12.8. The molecule has 2 aromatic carbocycles. The molecule has 0 aliphatic heterocycles. The molecule has 0 unspecified atom stereocenters. The molecule has 0 spiro atoms. The van der Waals surface area contributed by atoms with Gasteiger partial charge in [-0.3, -0.25) is 4.79 Å². The number of likely N-dealkylation sites (N-methyl/N-ethyl adjacent to an activating group) is 1. The number of hydrogen-bond donors (Lipinski definition) is 1. The summed E-state index contributed by atoms with van der Waals surface area (Å²) in [5.74, 6) is -0.419. The molecule has 0 saturated carbocycles. The zero-order valence-electron chi connectivity index (χ0n) is 10.9. The molecule has 1 amide bonds. The van der Waals surface area contributed by atoms with E-state index in [9.17, 15) is 9.18 Å². The minimum atomic E-state index is -0.313. The predicted molar refractivity (Wildman–Crippen MR) is 82.1 cm³/mol. The minimum absolute atomic E-state index is 0.106. The summed E-state index contributed by atoms with van der Waals surface area (Å²) in [6.45, 7) is 0. The van der Waals surface area contributed by atoms with Crippen LogP contribution in [0.15, 0.2) is 46.9 Å². The first-order chi connectivity index (χ1) is 9.47. The van der Waals surface area contributed by atoms with E-state index in [-0.39, 0.29) is 18.1 Å². The Morgan fingerprint density at radius 2 is 1.90 bits per heavy atom. The summed E-state index contributed by atoms with van der Waals surface area (Å²) in [5.41, 5.74) is 7.84. The molecule has 0 heterocycles. The quantitative estimate of drug-likeness (QED) is 0.873. The smallest absolute Gasteiger partial charge is 0.231 e. The van der Waals surface area contributed by atoms with Crippen LogP contribution in [0.4, 0.5) is 15.8 Å². The van der Waals surface area contributed by atoms with Crippen molar-refractivity contribution < 1.29 is 9.18 Å². The van der Waals surface area contributed by atoms with Gasteiger partial charge in [0.2, 0.25) is 5.91 Å². The van der Waals surface area contributed by atoms with Crippen LogP contribution in [0.3, 0.4) is 0 Å². The van der Waals surface area contributed by atoms with Gasteiger partial charge in [-0.2, -0.15) is 0 Å². The lowest BCUT2D eigenvalue weighted by atomic mass is 10.1. The lowest BCUT2D eigenvalue weighted by Crippen LogP contribution is -2.28. The summed E-state index contributed by atoms with van der Waals surface area (Å²) >= 11 is 3.32. The van der Waals surface area contributed by atoms with Crippen molar-refractivity contribution in [2.75, 3.05) is 17.7 Å². The van der Waals surface area contributed by atoms with E-state index in [1.165, 1.54) is 17.0 Å². The van der Waals surface area contributed by atoms with E-state index in [1.807, 2.05) is 6.07 Å². The molecule has 0 saturated heterocycles. The molecule has 0 aliphatic carbocycles. The lowest BCUT2D eigenvalue weighted by molar-refractivity contribution is -0.117. The first-order valence-electron chi connectivity index (χ1n) is 6.03. The Morgan fingerprint density at radius 1 is 1.25 bits per heavy atom. The Hall–Kier alpha value is -1.88. The number of nitrogens with zero attached hydrogens (tertiary/aromatic N) is 1. The molecule has 0 radical (unpaired) electrons. The first kappa shape index (κ1) is 14.5. The Balaban J connectivity index is 2.14. The van der Waals surface area contributed by atoms with Crippen molar-refractivity contribution >= 4 is 33.2 Å². The molecule has 0 atom stereocenters. The summed E-state index contributed by atoms with van der Waals surface area (Å²) in [5, 5.41) is 0. The minimum Gasteiger partial charge on any atom is -0.397 e. The van der Waals surface area contributed by atoms with Crippen LogP contribution in [0.1, 0.15) is 5.56 Å². The second-order valence-corrected chi connectivity index (χ2v) is 5.37. The second kappa shape index (κ2) is 6.05. The Bertz CT molecular complexity index is 628. The number of carbonyl (C=O) groups is 1. The van der Waals surface area contributed by atoms with Crippen LogP contribution in [0.5, 0.6) is 0 Å². The van der Waals surface area contributed by atoms with Gasteiger partial charge < -0.3 is 10.6 Å². The fourth-order valence-electron chi connectivity index (χ4n) is 1.86. The number of amides is 1. The third kappa shape index (κ3) is 3.36. The third-order valence-electron chi connectivity index (χ3n) is 2.99. The second-order valence-electron chi connectivity index (χ2n) is 4.46.